The van der Waals surface area contributed by atoms with Crippen LogP contribution >= 0.6 is 0 Å². The van der Waals surface area contributed by atoms with E-state index in [1.165, 1.54) is 29.2 Å². The Morgan fingerprint density at radius 3 is 2.13 bits per heavy atom. The molecule has 9 heteroatoms. The highest BCUT2D eigenvalue weighted by Gasteiger charge is 2.35. The summed E-state index contributed by atoms with van der Waals surface area (Å²) in [5, 5.41) is 3.20. The molecule has 4 aromatic carbocycles. The lowest BCUT2D eigenvalue weighted by Crippen LogP contribution is -2.55. The number of carbonyl (C=O) groups excluding carboxylic acids is 2. The van der Waals surface area contributed by atoms with E-state index in [1.54, 1.807) is 43.3 Å². The van der Waals surface area contributed by atoms with Crippen LogP contribution in [0.4, 0.5) is 10.1 Å². The first-order valence-electron chi connectivity index (χ1n) is 16.1. The van der Waals surface area contributed by atoms with E-state index < -0.39 is 34.3 Å². The lowest BCUT2D eigenvalue weighted by atomic mass is 9.94. The summed E-state index contributed by atoms with van der Waals surface area (Å²) in [5.41, 5.74) is 3.38. The first-order chi connectivity index (χ1) is 22.6. The first kappa shape index (κ1) is 33.9. The van der Waals surface area contributed by atoms with Crippen molar-refractivity contribution in [3.63, 3.8) is 0 Å². The van der Waals surface area contributed by atoms with Crippen molar-refractivity contribution in [2.45, 2.75) is 75.9 Å². The summed E-state index contributed by atoms with van der Waals surface area (Å²) in [6.07, 6.45) is 5.13. The van der Waals surface area contributed by atoms with Crippen LogP contribution in [-0.2, 0) is 32.6 Å². The van der Waals surface area contributed by atoms with Crippen molar-refractivity contribution >= 4 is 27.5 Å². The smallest absolute Gasteiger partial charge is 0.264 e. The second kappa shape index (κ2) is 15.4. The number of benzene rings is 4. The van der Waals surface area contributed by atoms with E-state index in [9.17, 15) is 22.4 Å². The molecule has 0 unspecified atom stereocenters. The number of anilines is 1. The highest BCUT2D eigenvalue weighted by Crippen LogP contribution is 2.29. The predicted molar refractivity (Wildman–Crippen MR) is 183 cm³/mol. The van der Waals surface area contributed by atoms with Crippen molar-refractivity contribution in [3.05, 3.63) is 131 Å². The van der Waals surface area contributed by atoms with Crippen LogP contribution in [0.25, 0.3) is 0 Å². The molecule has 0 bridgehead atoms. The number of nitrogens with zero attached hydrogens (tertiary/aromatic N) is 2. The molecule has 0 aliphatic heterocycles. The van der Waals surface area contributed by atoms with Crippen molar-refractivity contribution in [3.8, 4) is 0 Å². The summed E-state index contributed by atoms with van der Waals surface area (Å²) in [6.45, 7) is 3.12. The van der Waals surface area contributed by atoms with Gasteiger partial charge in [-0.3, -0.25) is 13.9 Å². The summed E-state index contributed by atoms with van der Waals surface area (Å²) in [5.74, 6) is -1.26. The van der Waals surface area contributed by atoms with Crippen LogP contribution in [0, 0.1) is 19.7 Å². The van der Waals surface area contributed by atoms with Gasteiger partial charge >= 0.3 is 0 Å². The topological polar surface area (TPSA) is 86.8 Å². The van der Waals surface area contributed by atoms with E-state index in [4.69, 9.17) is 0 Å². The van der Waals surface area contributed by atoms with Gasteiger partial charge in [-0.05, 0) is 79.3 Å². The van der Waals surface area contributed by atoms with Crippen LogP contribution in [0.1, 0.15) is 54.4 Å². The van der Waals surface area contributed by atoms with Crippen LogP contribution in [-0.4, -0.2) is 43.8 Å². The Kier molecular flexibility index (Phi) is 11.1. The maximum atomic E-state index is 14.7. The zero-order chi connectivity index (χ0) is 33.4. The molecule has 1 N–H and O–H groups in total. The third-order valence-corrected chi connectivity index (χ3v) is 10.5. The fourth-order valence-corrected chi connectivity index (χ4v) is 7.60. The molecule has 7 nitrogen and oxygen atoms in total. The monoisotopic (exact) mass is 655 g/mol. The number of amides is 2. The highest BCUT2D eigenvalue weighted by atomic mass is 32.2. The van der Waals surface area contributed by atoms with Crippen LogP contribution in [0.15, 0.2) is 108 Å². The van der Waals surface area contributed by atoms with Crippen molar-refractivity contribution in [1.29, 1.82) is 0 Å². The average Bonchev–Trinajstić information content (AvgIpc) is 3.08. The summed E-state index contributed by atoms with van der Waals surface area (Å²) in [4.78, 5) is 30.4. The predicted octanol–water partition coefficient (Wildman–Crippen LogP) is 6.73. The van der Waals surface area contributed by atoms with Crippen LogP contribution in [0.5, 0.6) is 0 Å². The molecule has 4 aromatic rings. The van der Waals surface area contributed by atoms with Gasteiger partial charge in [-0.1, -0.05) is 92.1 Å². The fourth-order valence-electron chi connectivity index (χ4n) is 6.11. The van der Waals surface area contributed by atoms with Crippen molar-refractivity contribution < 1.29 is 22.4 Å². The Morgan fingerprint density at radius 2 is 1.47 bits per heavy atom. The molecule has 0 radical (unpaired) electrons. The number of halogens is 1. The van der Waals surface area contributed by atoms with Gasteiger partial charge in [-0.25, -0.2) is 12.8 Å². The number of aryl methyl sites for hydroxylation is 2. The molecule has 5 rings (SSSR count). The molecule has 1 fully saturated rings. The third kappa shape index (κ3) is 8.65. The zero-order valence-electron chi connectivity index (χ0n) is 26.9. The molecular formula is C38H42FN3O4S. The van der Waals surface area contributed by atoms with Crippen molar-refractivity contribution in [1.82, 2.24) is 10.2 Å². The van der Waals surface area contributed by atoms with E-state index in [0.717, 1.165) is 47.5 Å². The molecule has 246 valence electrons. The van der Waals surface area contributed by atoms with Gasteiger partial charge in [0.15, 0.2) is 0 Å². The quantitative estimate of drug-likeness (QED) is 0.184. The molecule has 47 heavy (non-hydrogen) atoms. The lowest BCUT2D eigenvalue weighted by Gasteiger charge is -2.35. The number of rotatable bonds is 12. The molecule has 0 saturated heterocycles. The Labute approximate surface area is 277 Å². The summed E-state index contributed by atoms with van der Waals surface area (Å²) >= 11 is 0. The molecular weight excluding hydrogens is 614 g/mol. The number of sulfonamides is 1. The SMILES string of the molecule is Cc1ccc(C)c(N(CC(=O)N(Cc2ccc(F)cc2)[C@H](Cc2ccccc2)C(=O)NC2CCCCC2)S(=O)(=O)c2ccccc2)c1. The minimum atomic E-state index is -4.19. The largest absolute Gasteiger partial charge is 0.352 e. The zero-order valence-corrected chi connectivity index (χ0v) is 27.8. The molecule has 2 amide bonds. The standard InChI is InChI=1S/C38H42FN3O4S/c1-28-18-19-29(2)35(24-28)42(47(45,46)34-16-10-5-11-17-34)27-37(43)41(26-31-20-22-32(39)23-21-31)36(25-30-12-6-3-7-13-30)38(44)40-33-14-8-4-9-15-33/h3,5-7,10-13,16-24,33,36H,4,8-9,14-15,25-27H2,1-2H3,(H,40,44)/t36-/m1/s1. The number of hydrogen-bond acceptors (Lipinski definition) is 4. The first-order valence-corrected chi connectivity index (χ1v) is 17.6. The van der Waals surface area contributed by atoms with E-state index >= 15 is 0 Å². The van der Waals surface area contributed by atoms with Crippen LogP contribution in [0.3, 0.4) is 0 Å². The average molecular weight is 656 g/mol. The maximum Gasteiger partial charge on any atom is 0.264 e. The maximum absolute atomic E-state index is 14.7. The van der Waals surface area contributed by atoms with Gasteiger partial charge in [0.2, 0.25) is 11.8 Å². The van der Waals surface area contributed by atoms with Crippen LogP contribution < -0.4 is 9.62 Å². The molecule has 1 aliphatic carbocycles. The van der Waals surface area contributed by atoms with Gasteiger partial charge in [0.1, 0.15) is 18.4 Å². The number of nitrogens with one attached hydrogen (secondary N) is 1. The summed E-state index contributed by atoms with van der Waals surface area (Å²) in [6, 6.07) is 27.8. The second-order valence-electron chi connectivity index (χ2n) is 12.3. The minimum absolute atomic E-state index is 0.00203. The molecule has 1 saturated carbocycles. The van der Waals surface area contributed by atoms with Gasteiger partial charge in [0, 0.05) is 19.0 Å². The summed E-state index contributed by atoms with van der Waals surface area (Å²) < 4.78 is 43.5. The van der Waals surface area contributed by atoms with Crippen molar-refractivity contribution in [2.24, 2.45) is 0 Å². The Balaban J connectivity index is 1.58. The van der Waals surface area contributed by atoms with Crippen LogP contribution in [0.2, 0.25) is 0 Å². The number of hydrogen-bond donors (Lipinski definition) is 1. The highest BCUT2D eigenvalue weighted by molar-refractivity contribution is 7.92. The Morgan fingerprint density at radius 1 is 0.830 bits per heavy atom. The third-order valence-electron chi connectivity index (χ3n) is 8.73. The van der Waals surface area contributed by atoms with Gasteiger partial charge in [0.25, 0.3) is 10.0 Å². The second-order valence-corrected chi connectivity index (χ2v) is 14.2. The van der Waals surface area contributed by atoms with E-state index in [1.807, 2.05) is 49.4 Å². The van der Waals surface area contributed by atoms with Gasteiger partial charge in [-0.15, -0.1) is 0 Å². The molecule has 1 atom stereocenters. The van der Waals surface area contributed by atoms with Gasteiger partial charge < -0.3 is 10.2 Å². The molecule has 0 spiro atoms. The minimum Gasteiger partial charge on any atom is -0.352 e. The molecule has 1 aliphatic rings. The van der Waals surface area contributed by atoms with E-state index in [0.29, 0.717) is 16.8 Å². The lowest BCUT2D eigenvalue weighted by molar-refractivity contribution is -0.140. The number of carbonyl (C=O) groups is 2. The Hall–Kier alpha value is -4.50. The summed E-state index contributed by atoms with van der Waals surface area (Å²) in [7, 11) is -4.19. The van der Waals surface area contributed by atoms with Crippen molar-refractivity contribution in [2.75, 3.05) is 10.8 Å². The van der Waals surface area contributed by atoms with E-state index in [-0.39, 0.29) is 29.8 Å². The fraction of sp³-hybridized carbons (Fsp3) is 0.316. The Bertz CT molecular complexity index is 1760. The molecule has 0 aromatic heterocycles. The van der Waals surface area contributed by atoms with Gasteiger partial charge in [0.05, 0.1) is 10.6 Å². The normalized spacial score (nSPS) is 14.3. The van der Waals surface area contributed by atoms with E-state index in [2.05, 4.69) is 5.32 Å². The van der Waals surface area contributed by atoms with Gasteiger partial charge in [-0.2, -0.15) is 0 Å². The molecule has 0 heterocycles.